The van der Waals surface area contributed by atoms with E-state index in [1.165, 1.54) is 18.2 Å². The van der Waals surface area contributed by atoms with Gasteiger partial charge in [0.1, 0.15) is 22.1 Å². The van der Waals surface area contributed by atoms with E-state index in [2.05, 4.69) is 4.72 Å². The number of phenols is 1. The molecule has 2 N–H and O–H groups in total. The van der Waals surface area contributed by atoms with Gasteiger partial charge in [0.15, 0.2) is 0 Å². The lowest BCUT2D eigenvalue weighted by Crippen LogP contribution is -2.15. The minimum atomic E-state index is -3.94. The predicted octanol–water partition coefficient (Wildman–Crippen LogP) is 2.99. The highest BCUT2D eigenvalue weighted by molar-refractivity contribution is 7.92. The van der Waals surface area contributed by atoms with Crippen LogP contribution in [0.3, 0.4) is 0 Å². The fraction of sp³-hybridized carbons (Fsp3) is 0.250. The van der Waals surface area contributed by atoms with E-state index >= 15 is 0 Å². The number of hydrogen-bond acceptors (Lipinski definition) is 5. The molecular weight excluding hydrogens is 318 g/mol. The van der Waals surface area contributed by atoms with E-state index in [9.17, 15) is 13.5 Å². The van der Waals surface area contributed by atoms with Crippen molar-refractivity contribution < 1.29 is 23.0 Å². The van der Waals surface area contributed by atoms with Crippen LogP contribution in [0.1, 0.15) is 13.8 Å². The summed E-state index contributed by atoms with van der Waals surface area (Å²) in [4.78, 5) is -0.0476. The minimum absolute atomic E-state index is 0.0476. The van der Waals surface area contributed by atoms with Gasteiger partial charge in [0.25, 0.3) is 10.0 Å². The number of para-hydroxylation sites is 2. The van der Waals surface area contributed by atoms with Crippen LogP contribution in [-0.4, -0.2) is 26.7 Å². The molecule has 0 amide bonds. The summed E-state index contributed by atoms with van der Waals surface area (Å²) in [6.45, 7) is 4.32. The maximum absolute atomic E-state index is 12.6. The number of phenolic OH excluding ortho intramolecular Hbond substituents is 1. The van der Waals surface area contributed by atoms with Crippen LogP contribution in [-0.2, 0) is 10.0 Å². The van der Waals surface area contributed by atoms with Gasteiger partial charge in [0.2, 0.25) is 0 Å². The van der Waals surface area contributed by atoms with E-state index in [0.717, 1.165) is 0 Å². The molecule has 2 rings (SSSR count). The Bertz CT molecular complexity index is 774. The van der Waals surface area contributed by atoms with E-state index in [4.69, 9.17) is 9.47 Å². The van der Waals surface area contributed by atoms with Crippen LogP contribution in [0, 0.1) is 0 Å². The molecule has 0 saturated heterocycles. The number of benzene rings is 2. The van der Waals surface area contributed by atoms with Crippen LogP contribution in [0.25, 0.3) is 0 Å². The van der Waals surface area contributed by atoms with Gasteiger partial charge in [-0.05, 0) is 38.1 Å². The zero-order valence-corrected chi connectivity index (χ0v) is 13.8. The Kier molecular flexibility index (Phi) is 5.33. The monoisotopic (exact) mass is 337 g/mol. The van der Waals surface area contributed by atoms with Gasteiger partial charge >= 0.3 is 0 Å². The van der Waals surface area contributed by atoms with Crippen molar-refractivity contribution in [2.24, 2.45) is 0 Å². The fourth-order valence-electron chi connectivity index (χ4n) is 1.99. The third-order valence-corrected chi connectivity index (χ3v) is 4.35. The smallest absolute Gasteiger partial charge is 0.265 e. The first kappa shape index (κ1) is 17.0. The lowest BCUT2D eigenvalue weighted by molar-refractivity contribution is 0.322. The second kappa shape index (κ2) is 7.23. The van der Waals surface area contributed by atoms with Crippen molar-refractivity contribution >= 4 is 15.7 Å². The third-order valence-electron chi connectivity index (χ3n) is 2.96. The van der Waals surface area contributed by atoms with Gasteiger partial charge in [-0.15, -0.1) is 0 Å². The number of anilines is 1. The van der Waals surface area contributed by atoms with Crippen LogP contribution in [0.4, 0.5) is 5.69 Å². The molecule has 0 spiro atoms. The van der Waals surface area contributed by atoms with Crippen molar-refractivity contribution in [2.75, 3.05) is 17.9 Å². The van der Waals surface area contributed by atoms with Crippen molar-refractivity contribution in [3.63, 3.8) is 0 Å². The molecular formula is C16H19NO5S. The molecule has 0 radical (unpaired) electrons. The largest absolute Gasteiger partial charge is 0.506 e. The number of hydrogen-bond donors (Lipinski definition) is 2. The molecule has 0 aliphatic heterocycles. The molecule has 2 aromatic rings. The molecule has 0 aliphatic carbocycles. The highest BCUT2D eigenvalue weighted by Gasteiger charge is 2.22. The highest BCUT2D eigenvalue weighted by Crippen LogP contribution is 2.32. The molecule has 0 saturated carbocycles. The van der Waals surface area contributed by atoms with E-state index in [1.807, 2.05) is 6.92 Å². The summed E-state index contributed by atoms with van der Waals surface area (Å²) in [5, 5.41) is 9.75. The van der Waals surface area contributed by atoms with Crippen molar-refractivity contribution in [3.8, 4) is 17.2 Å². The van der Waals surface area contributed by atoms with Crippen molar-refractivity contribution in [1.82, 2.24) is 0 Å². The number of aromatic hydroxyl groups is 1. The Morgan fingerprint density at radius 1 is 1.04 bits per heavy atom. The van der Waals surface area contributed by atoms with Crippen LogP contribution in [0.15, 0.2) is 47.4 Å². The van der Waals surface area contributed by atoms with Gasteiger partial charge in [-0.25, -0.2) is 8.42 Å². The normalized spacial score (nSPS) is 11.0. The third kappa shape index (κ3) is 4.07. The summed E-state index contributed by atoms with van der Waals surface area (Å²) in [7, 11) is -3.94. The van der Waals surface area contributed by atoms with E-state index in [0.29, 0.717) is 19.0 Å². The topological polar surface area (TPSA) is 84.9 Å². The molecule has 0 atom stereocenters. The Balaban J connectivity index is 2.44. The zero-order valence-electron chi connectivity index (χ0n) is 12.9. The summed E-state index contributed by atoms with van der Waals surface area (Å²) in [6.07, 6.45) is 0. The van der Waals surface area contributed by atoms with Gasteiger partial charge in [-0.1, -0.05) is 12.1 Å². The first-order valence-corrected chi connectivity index (χ1v) is 8.66. The molecule has 0 unspecified atom stereocenters. The number of nitrogens with one attached hydrogen (secondary N) is 1. The summed E-state index contributed by atoms with van der Waals surface area (Å²) < 4.78 is 38.4. The molecule has 6 nitrogen and oxygen atoms in total. The van der Waals surface area contributed by atoms with Crippen molar-refractivity contribution in [3.05, 3.63) is 42.5 Å². The first-order valence-electron chi connectivity index (χ1n) is 7.18. The fourth-order valence-corrected chi connectivity index (χ4v) is 3.22. The second-order valence-corrected chi connectivity index (χ2v) is 6.25. The molecule has 0 heterocycles. The Morgan fingerprint density at radius 2 is 1.74 bits per heavy atom. The summed E-state index contributed by atoms with van der Waals surface area (Å²) in [6, 6.07) is 10.7. The Hall–Kier alpha value is -2.41. The average molecular weight is 337 g/mol. The van der Waals surface area contributed by atoms with Crippen molar-refractivity contribution in [2.45, 2.75) is 18.7 Å². The van der Waals surface area contributed by atoms with Crippen LogP contribution < -0.4 is 14.2 Å². The quantitative estimate of drug-likeness (QED) is 0.759. The molecule has 0 aliphatic rings. The Morgan fingerprint density at radius 3 is 2.39 bits per heavy atom. The summed E-state index contributed by atoms with van der Waals surface area (Å²) in [5.41, 5.74) is 0.0942. The standard InChI is InChI=1S/C16H19NO5S/c1-3-21-12-9-10-15(22-4-2)16(11-12)23(19,20)17-13-7-5-6-8-14(13)18/h5-11,17-18H,3-4H2,1-2H3. The van der Waals surface area contributed by atoms with E-state index in [-0.39, 0.29) is 22.1 Å². The summed E-state index contributed by atoms with van der Waals surface area (Å²) >= 11 is 0. The number of sulfonamides is 1. The van der Waals surface area contributed by atoms with Crippen LogP contribution in [0.2, 0.25) is 0 Å². The average Bonchev–Trinajstić information content (AvgIpc) is 2.51. The van der Waals surface area contributed by atoms with Gasteiger partial charge in [-0.3, -0.25) is 4.72 Å². The molecule has 23 heavy (non-hydrogen) atoms. The molecule has 124 valence electrons. The van der Waals surface area contributed by atoms with E-state index < -0.39 is 10.0 Å². The molecule has 2 aromatic carbocycles. The van der Waals surface area contributed by atoms with Gasteiger partial charge in [0, 0.05) is 6.07 Å². The van der Waals surface area contributed by atoms with Crippen LogP contribution >= 0.6 is 0 Å². The highest BCUT2D eigenvalue weighted by atomic mass is 32.2. The molecule has 0 fully saturated rings. The van der Waals surface area contributed by atoms with Crippen LogP contribution in [0.5, 0.6) is 17.2 Å². The maximum Gasteiger partial charge on any atom is 0.265 e. The molecule has 7 heteroatoms. The second-order valence-electron chi connectivity index (χ2n) is 4.60. The maximum atomic E-state index is 12.6. The van der Waals surface area contributed by atoms with Gasteiger partial charge in [-0.2, -0.15) is 0 Å². The summed E-state index contributed by atoms with van der Waals surface area (Å²) in [5.74, 6) is 0.488. The predicted molar refractivity (Wildman–Crippen MR) is 87.7 cm³/mol. The van der Waals surface area contributed by atoms with Gasteiger partial charge < -0.3 is 14.6 Å². The van der Waals surface area contributed by atoms with Crippen molar-refractivity contribution in [1.29, 1.82) is 0 Å². The number of ether oxygens (including phenoxy) is 2. The minimum Gasteiger partial charge on any atom is -0.506 e. The Labute approximate surface area is 135 Å². The lowest BCUT2D eigenvalue weighted by Gasteiger charge is -2.14. The molecule has 0 aromatic heterocycles. The van der Waals surface area contributed by atoms with E-state index in [1.54, 1.807) is 31.2 Å². The first-order chi connectivity index (χ1) is 11.0. The lowest BCUT2D eigenvalue weighted by atomic mass is 10.3. The van der Waals surface area contributed by atoms with Gasteiger partial charge in [0.05, 0.1) is 18.9 Å². The zero-order chi connectivity index (χ0) is 16.9. The number of rotatable bonds is 7. The molecule has 0 bridgehead atoms. The SMILES string of the molecule is CCOc1ccc(OCC)c(S(=O)(=O)Nc2ccccc2O)c1.